The minimum Gasteiger partial charge on any atom is -0.110 e. The highest BCUT2D eigenvalue weighted by Gasteiger charge is 2.31. The third-order valence-electron chi connectivity index (χ3n) is 5.97. The van der Waals surface area contributed by atoms with Gasteiger partial charge in [0.1, 0.15) is 0 Å². The zero-order valence-electron chi connectivity index (χ0n) is 12.5. The largest absolute Gasteiger partial charge is 0.110 e. The van der Waals surface area contributed by atoms with Crippen LogP contribution >= 0.6 is 9.24 Å². The second kappa shape index (κ2) is 6.75. The monoisotopic (exact) mass is 278 g/mol. The van der Waals surface area contributed by atoms with Crippen LogP contribution in [-0.4, -0.2) is 0 Å². The van der Waals surface area contributed by atoms with Gasteiger partial charge in [0, 0.05) is 0 Å². The molecule has 0 spiro atoms. The van der Waals surface area contributed by atoms with Crippen LogP contribution in [0.4, 0.5) is 0 Å². The van der Waals surface area contributed by atoms with Crippen molar-refractivity contribution in [3.05, 3.63) is 10.9 Å². The fraction of sp³-hybridized carbons (Fsp3) is 0.889. The summed E-state index contributed by atoms with van der Waals surface area (Å²) in [4.78, 5) is 0. The molecule has 0 nitrogen and oxygen atoms in total. The van der Waals surface area contributed by atoms with Gasteiger partial charge in [-0.1, -0.05) is 50.5 Å². The van der Waals surface area contributed by atoms with Crippen molar-refractivity contribution in [3.63, 3.8) is 0 Å². The second-order valence-electron chi connectivity index (χ2n) is 7.21. The lowest BCUT2D eigenvalue weighted by Crippen LogP contribution is -2.17. The van der Waals surface area contributed by atoms with Crippen molar-refractivity contribution >= 4 is 9.24 Å². The summed E-state index contributed by atoms with van der Waals surface area (Å²) < 4.78 is 0. The lowest BCUT2D eigenvalue weighted by molar-refractivity contribution is 0.366. The molecule has 3 fully saturated rings. The Kier molecular flexibility index (Phi) is 5.02. The maximum absolute atomic E-state index is 3.22. The van der Waals surface area contributed by atoms with E-state index in [1.54, 1.807) is 5.31 Å². The van der Waals surface area contributed by atoms with E-state index in [0.717, 1.165) is 17.8 Å². The van der Waals surface area contributed by atoms with E-state index in [0.29, 0.717) is 0 Å². The Morgan fingerprint density at radius 2 is 0.895 bits per heavy atom. The van der Waals surface area contributed by atoms with Crippen molar-refractivity contribution in [2.75, 3.05) is 0 Å². The van der Waals surface area contributed by atoms with Gasteiger partial charge in [-0.25, -0.2) is 0 Å². The Morgan fingerprint density at radius 3 is 1.37 bits per heavy atom. The Labute approximate surface area is 122 Å². The minimum atomic E-state index is 0.933. The molecule has 1 unspecified atom stereocenters. The average molecular weight is 278 g/mol. The molecule has 1 atom stereocenters. The first kappa shape index (κ1) is 14.1. The first-order valence-electron chi connectivity index (χ1n) is 8.85. The topological polar surface area (TPSA) is 0 Å². The molecule has 0 aromatic heterocycles. The fourth-order valence-corrected chi connectivity index (χ4v) is 5.73. The molecular formula is C18H31P. The Balaban J connectivity index is 1.82. The number of allylic oxidation sites excluding steroid dienone is 2. The zero-order chi connectivity index (χ0) is 13.1. The molecule has 0 aromatic carbocycles. The quantitative estimate of drug-likeness (QED) is 0.549. The maximum Gasteiger partial charge on any atom is -0.0163 e. The third-order valence-corrected chi connectivity index (χ3v) is 6.77. The van der Waals surface area contributed by atoms with Gasteiger partial charge in [-0.15, -0.1) is 9.24 Å². The van der Waals surface area contributed by atoms with E-state index < -0.39 is 0 Å². The smallest absolute Gasteiger partial charge is 0.0163 e. The van der Waals surface area contributed by atoms with Crippen LogP contribution in [0.5, 0.6) is 0 Å². The van der Waals surface area contributed by atoms with Crippen LogP contribution < -0.4 is 0 Å². The number of hydrogen-bond acceptors (Lipinski definition) is 0. The normalized spacial score (nSPS) is 28.9. The molecule has 0 radical (unpaired) electrons. The molecule has 0 aromatic rings. The highest BCUT2D eigenvalue weighted by Crippen LogP contribution is 2.47. The van der Waals surface area contributed by atoms with Crippen LogP contribution in [-0.2, 0) is 0 Å². The summed E-state index contributed by atoms with van der Waals surface area (Å²) in [5.41, 5.74) is 1.95. The molecule has 0 amide bonds. The summed E-state index contributed by atoms with van der Waals surface area (Å²) in [6, 6.07) is 0. The zero-order valence-corrected chi connectivity index (χ0v) is 13.7. The van der Waals surface area contributed by atoms with Gasteiger partial charge in [0.25, 0.3) is 0 Å². The van der Waals surface area contributed by atoms with Gasteiger partial charge < -0.3 is 0 Å². The molecule has 3 rings (SSSR count). The van der Waals surface area contributed by atoms with Crippen molar-refractivity contribution in [1.82, 2.24) is 0 Å². The molecule has 0 aliphatic heterocycles. The number of rotatable bonds is 3. The lowest BCUT2D eigenvalue weighted by atomic mass is 9.76. The molecule has 19 heavy (non-hydrogen) atoms. The van der Waals surface area contributed by atoms with Gasteiger partial charge in [0.2, 0.25) is 0 Å². The van der Waals surface area contributed by atoms with Crippen LogP contribution in [0.3, 0.4) is 0 Å². The van der Waals surface area contributed by atoms with Crippen molar-refractivity contribution in [2.24, 2.45) is 17.8 Å². The molecule has 0 saturated heterocycles. The first-order valence-corrected chi connectivity index (χ1v) is 9.43. The van der Waals surface area contributed by atoms with Crippen LogP contribution in [0.25, 0.3) is 0 Å². The van der Waals surface area contributed by atoms with Gasteiger partial charge in [-0.2, -0.15) is 0 Å². The highest BCUT2D eigenvalue weighted by atomic mass is 31.0. The second-order valence-corrected chi connectivity index (χ2v) is 7.83. The van der Waals surface area contributed by atoms with E-state index in [2.05, 4.69) is 9.24 Å². The Bertz CT molecular complexity index is 313. The summed E-state index contributed by atoms with van der Waals surface area (Å²) in [5.74, 6) is 2.86. The minimum absolute atomic E-state index is 0.933. The van der Waals surface area contributed by atoms with Crippen molar-refractivity contribution in [3.8, 4) is 0 Å². The first-order chi connectivity index (χ1) is 9.36. The molecule has 3 aliphatic carbocycles. The SMILES string of the molecule is PC(=C(C1CCCCC1)C1CCCC1)C1CCCC1. The fourth-order valence-electron chi connectivity index (χ4n) is 4.93. The van der Waals surface area contributed by atoms with E-state index in [9.17, 15) is 0 Å². The van der Waals surface area contributed by atoms with Gasteiger partial charge in [0.15, 0.2) is 0 Å². The van der Waals surface area contributed by atoms with Gasteiger partial charge in [-0.05, 0) is 61.6 Å². The van der Waals surface area contributed by atoms with E-state index in [1.165, 1.54) is 83.5 Å². The van der Waals surface area contributed by atoms with Crippen molar-refractivity contribution < 1.29 is 0 Å². The molecule has 0 bridgehead atoms. The predicted molar refractivity (Wildman–Crippen MR) is 87.2 cm³/mol. The molecule has 3 aliphatic rings. The number of hydrogen-bond donors (Lipinski definition) is 0. The van der Waals surface area contributed by atoms with Crippen LogP contribution in [0.1, 0.15) is 83.5 Å². The van der Waals surface area contributed by atoms with Crippen molar-refractivity contribution in [1.29, 1.82) is 0 Å². The molecule has 3 saturated carbocycles. The van der Waals surface area contributed by atoms with E-state index >= 15 is 0 Å². The van der Waals surface area contributed by atoms with Crippen LogP contribution in [0, 0.1) is 17.8 Å². The van der Waals surface area contributed by atoms with Gasteiger partial charge in [-0.3, -0.25) is 0 Å². The van der Waals surface area contributed by atoms with Gasteiger partial charge in [0.05, 0.1) is 0 Å². The van der Waals surface area contributed by atoms with E-state index in [-0.39, 0.29) is 0 Å². The van der Waals surface area contributed by atoms with Gasteiger partial charge >= 0.3 is 0 Å². The third kappa shape index (κ3) is 3.26. The highest BCUT2D eigenvalue weighted by molar-refractivity contribution is 7.22. The standard InChI is InChI=1S/C18H31P/c19-18(16-12-6-7-13-16)17(15-10-4-5-11-15)14-8-2-1-3-9-14/h14-16H,1-13,19H2. The summed E-state index contributed by atoms with van der Waals surface area (Å²) in [6.45, 7) is 0. The maximum atomic E-state index is 3.22. The molecule has 108 valence electrons. The predicted octanol–water partition coefficient (Wildman–Crippen LogP) is 6.08. The Hall–Kier alpha value is 0.170. The molecule has 1 heteroatoms. The molecule has 0 heterocycles. The van der Waals surface area contributed by atoms with Crippen LogP contribution in [0.15, 0.2) is 10.9 Å². The summed E-state index contributed by atoms with van der Waals surface area (Å²) in [7, 11) is 3.22. The Morgan fingerprint density at radius 1 is 0.526 bits per heavy atom. The summed E-state index contributed by atoms with van der Waals surface area (Å²) >= 11 is 0. The molecule has 0 N–H and O–H groups in total. The van der Waals surface area contributed by atoms with Crippen molar-refractivity contribution in [2.45, 2.75) is 83.5 Å². The summed E-state index contributed by atoms with van der Waals surface area (Å²) in [6.07, 6.45) is 19.3. The van der Waals surface area contributed by atoms with E-state index in [1.807, 2.05) is 5.57 Å². The van der Waals surface area contributed by atoms with E-state index in [4.69, 9.17) is 0 Å². The molecular weight excluding hydrogens is 247 g/mol. The average Bonchev–Trinajstić information content (AvgIpc) is 3.13. The van der Waals surface area contributed by atoms with Crippen LogP contribution in [0.2, 0.25) is 0 Å². The summed E-state index contributed by atoms with van der Waals surface area (Å²) in [5, 5.41) is 1.79. The lowest BCUT2D eigenvalue weighted by Gasteiger charge is -2.32.